The molecule has 2 aliphatic rings. The van der Waals surface area contributed by atoms with Crippen molar-refractivity contribution in [2.24, 2.45) is 11.8 Å². The van der Waals surface area contributed by atoms with E-state index in [9.17, 15) is 0 Å². The Morgan fingerprint density at radius 1 is 1.55 bits per heavy atom. The summed E-state index contributed by atoms with van der Waals surface area (Å²) in [5.41, 5.74) is -0.706. The standard InChI is InChI=1S/C11H18/c1-9-6-7-10-4-2-3-5-11(10)8-9/h5,9-10H,2-4,6-8H2,1H3/i2D2,4D2,6D2,7D2,8D2,9D,10D. The van der Waals surface area contributed by atoms with Gasteiger partial charge in [0.05, 0.1) is 0 Å². The summed E-state index contributed by atoms with van der Waals surface area (Å²) in [6.07, 6.45) is -14.9. The molecule has 0 bridgehead atoms. The molecule has 0 N–H and O–H groups in total. The van der Waals surface area contributed by atoms with Gasteiger partial charge in [-0.1, -0.05) is 18.6 Å². The molecule has 2 unspecified atom stereocenters. The van der Waals surface area contributed by atoms with E-state index in [0.717, 1.165) is 13.0 Å². The van der Waals surface area contributed by atoms with Crippen LogP contribution in [0.1, 0.15) is 61.7 Å². The molecule has 2 atom stereocenters. The van der Waals surface area contributed by atoms with Crippen molar-refractivity contribution in [3.63, 3.8) is 0 Å². The van der Waals surface area contributed by atoms with Crippen LogP contribution < -0.4 is 0 Å². The zero-order valence-corrected chi connectivity index (χ0v) is 6.28. The third-order valence-corrected chi connectivity index (χ3v) is 1.59. The van der Waals surface area contributed by atoms with Crippen LogP contribution in [0.25, 0.3) is 0 Å². The molecule has 2 aliphatic carbocycles. The first-order valence-electron chi connectivity index (χ1n) is 9.55. The zero-order chi connectivity index (χ0) is 18.5. The average molecular weight is 162 g/mol. The van der Waals surface area contributed by atoms with Crippen LogP contribution in [-0.4, -0.2) is 0 Å². The van der Waals surface area contributed by atoms with Crippen molar-refractivity contribution in [1.29, 1.82) is 0 Å². The van der Waals surface area contributed by atoms with Gasteiger partial charge in [0.2, 0.25) is 0 Å². The van der Waals surface area contributed by atoms with Gasteiger partial charge in [0.1, 0.15) is 0 Å². The summed E-state index contributed by atoms with van der Waals surface area (Å²) >= 11 is 0. The highest BCUT2D eigenvalue weighted by Gasteiger charge is 2.23. The third kappa shape index (κ3) is 1.50. The molecule has 62 valence electrons. The van der Waals surface area contributed by atoms with Crippen LogP contribution in [0.3, 0.4) is 0 Å². The van der Waals surface area contributed by atoms with Gasteiger partial charge in [-0.2, -0.15) is 0 Å². The lowest BCUT2D eigenvalue weighted by molar-refractivity contribution is 0.338. The molecular weight excluding hydrogens is 132 g/mol. The SMILES string of the molecule is [2H]C1([2H])CC=C2C([2H])([2H])C([2H])(C)C([2H])([2H])C([2H])([2H])C2([2H])C1([2H])[2H]. The number of fused-ring (bicyclic) bond motifs is 1. The molecule has 11 heavy (non-hydrogen) atoms. The summed E-state index contributed by atoms with van der Waals surface area (Å²) in [7, 11) is 0. The number of rotatable bonds is 0. The summed E-state index contributed by atoms with van der Waals surface area (Å²) in [5, 5.41) is 0. The van der Waals surface area contributed by atoms with Crippen molar-refractivity contribution in [2.75, 3.05) is 0 Å². The normalized spacial score (nSPS) is 90.1. The smallest absolute Gasteiger partial charge is 0.0349 e. The Morgan fingerprint density at radius 3 is 3.36 bits per heavy atom. The van der Waals surface area contributed by atoms with Crippen LogP contribution in [-0.2, 0) is 0 Å². The van der Waals surface area contributed by atoms with E-state index >= 15 is 0 Å². The predicted octanol–water partition coefficient (Wildman–Crippen LogP) is 3.53. The molecule has 0 aromatic heterocycles. The Bertz CT molecular complexity index is 572. The molecule has 1 fully saturated rings. The first kappa shape index (κ1) is 1.81. The lowest BCUT2D eigenvalue weighted by Gasteiger charge is -2.32. The molecule has 0 radical (unpaired) electrons. The van der Waals surface area contributed by atoms with E-state index in [4.69, 9.17) is 16.4 Å². The molecule has 2 rings (SSSR count). The summed E-state index contributed by atoms with van der Waals surface area (Å²) < 4.78 is 96.4. The van der Waals surface area contributed by atoms with E-state index in [1.807, 2.05) is 0 Å². The van der Waals surface area contributed by atoms with E-state index in [1.54, 1.807) is 0 Å². The maximum Gasteiger partial charge on any atom is 0.0349 e. The second-order valence-electron chi connectivity index (χ2n) is 2.50. The Labute approximate surface area is 86.5 Å². The van der Waals surface area contributed by atoms with Gasteiger partial charge in [-0.05, 0) is 50.1 Å². The van der Waals surface area contributed by atoms with Gasteiger partial charge in [-0.15, -0.1) is 0 Å². The van der Waals surface area contributed by atoms with E-state index in [0.29, 0.717) is 0 Å². The van der Waals surface area contributed by atoms with E-state index in [-0.39, 0.29) is 0 Å². The van der Waals surface area contributed by atoms with Gasteiger partial charge >= 0.3 is 0 Å². The second-order valence-corrected chi connectivity index (χ2v) is 2.50. The van der Waals surface area contributed by atoms with Crippen LogP contribution in [0.4, 0.5) is 0 Å². The van der Waals surface area contributed by atoms with Crippen molar-refractivity contribution >= 4 is 0 Å². The van der Waals surface area contributed by atoms with E-state index in [1.165, 1.54) is 0 Å². The van der Waals surface area contributed by atoms with Gasteiger partial charge in [-0.25, -0.2) is 0 Å². The second kappa shape index (κ2) is 3.00. The average Bonchev–Trinajstić information content (AvgIpc) is 2.34. The van der Waals surface area contributed by atoms with Crippen LogP contribution in [0.15, 0.2) is 11.6 Å². The molecule has 0 amide bonds. The lowest BCUT2D eigenvalue weighted by Crippen LogP contribution is -2.17. The van der Waals surface area contributed by atoms with Crippen molar-refractivity contribution in [1.82, 2.24) is 0 Å². The minimum atomic E-state index is -3.33. The van der Waals surface area contributed by atoms with Gasteiger partial charge in [0, 0.05) is 16.4 Å². The van der Waals surface area contributed by atoms with Gasteiger partial charge in [0.25, 0.3) is 0 Å². The first-order valence-corrected chi connectivity index (χ1v) is 3.55. The quantitative estimate of drug-likeness (QED) is 0.478. The fraction of sp³-hybridized carbons (Fsp3) is 0.818. The predicted molar refractivity (Wildman–Crippen MR) is 48.4 cm³/mol. The van der Waals surface area contributed by atoms with Gasteiger partial charge < -0.3 is 0 Å². The van der Waals surface area contributed by atoms with E-state index in [2.05, 4.69) is 0 Å². The fourth-order valence-electron chi connectivity index (χ4n) is 1.06. The third-order valence-electron chi connectivity index (χ3n) is 1.59. The highest BCUT2D eigenvalue weighted by atomic mass is 14.3. The summed E-state index contributed by atoms with van der Waals surface area (Å²) in [4.78, 5) is 0. The molecule has 0 spiro atoms. The number of hydrogen-bond acceptors (Lipinski definition) is 0. The van der Waals surface area contributed by atoms with E-state index < -0.39 is 55.6 Å². The molecule has 0 nitrogen and oxygen atoms in total. The minimum absolute atomic E-state index is 0.579. The van der Waals surface area contributed by atoms with Crippen molar-refractivity contribution in [3.8, 4) is 0 Å². The Morgan fingerprint density at radius 2 is 2.45 bits per heavy atom. The summed E-state index contributed by atoms with van der Waals surface area (Å²) in [6, 6.07) is 0. The monoisotopic (exact) mass is 162 g/mol. The molecule has 0 aromatic rings. The highest BCUT2D eigenvalue weighted by molar-refractivity contribution is 5.12. The fourth-order valence-corrected chi connectivity index (χ4v) is 1.06. The molecule has 0 aliphatic heterocycles. The van der Waals surface area contributed by atoms with Crippen LogP contribution in [0.2, 0.25) is 0 Å². The van der Waals surface area contributed by atoms with Crippen molar-refractivity contribution in [3.05, 3.63) is 11.6 Å². The van der Waals surface area contributed by atoms with Crippen LogP contribution in [0, 0.1) is 11.8 Å². The Hall–Kier alpha value is -0.260. The van der Waals surface area contributed by atoms with Crippen molar-refractivity contribution < 1.29 is 16.4 Å². The molecule has 0 heteroatoms. The zero-order valence-electron chi connectivity index (χ0n) is 18.3. The largest absolute Gasteiger partial charge is 0.0850 e. The van der Waals surface area contributed by atoms with Crippen LogP contribution >= 0.6 is 0 Å². The Balaban J connectivity index is 2.95. The summed E-state index contributed by atoms with van der Waals surface area (Å²) in [5.74, 6) is -5.77. The molecule has 0 aromatic carbocycles. The topological polar surface area (TPSA) is 0 Å². The van der Waals surface area contributed by atoms with Gasteiger partial charge in [0.15, 0.2) is 0 Å². The lowest BCUT2D eigenvalue weighted by atomic mass is 9.74. The maximum absolute atomic E-state index is 8.41. The minimum Gasteiger partial charge on any atom is -0.0850 e. The molecular formula is C11H18. The summed E-state index contributed by atoms with van der Waals surface area (Å²) in [6.45, 7) is 0.879. The molecule has 0 heterocycles. The molecule has 0 saturated heterocycles. The molecule has 1 saturated carbocycles. The first-order chi connectivity index (χ1) is 9.84. The Kier molecular flexibility index (Phi) is 0.494. The van der Waals surface area contributed by atoms with Crippen molar-refractivity contribution in [2.45, 2.75) is 45.2 Å². The van der Waals surface area contributed by atoms with Crippen LogP contribution in [0.5, 0.6) is 0 Å². The maximum atomic E-state index is 8.41. The van der Waals surface area contributed by atoms with Gasteiger partial charge in [-0.3, -0.25) is 0 Å². The number of allylic oxidation sites excluding steroid dienone is 2. The highest BCUT2D eigenvalue weighted by Crippen LogP contribution is 2.38. The number of hydrogen-bond donors (Lipinski definition) is 0.